The van der Waals surface area contributed by atoms with Crippen LogP contribution >= 0.6 is 0 Å². The number of non-ortho nitro benzene ring substituents is 1. The number of hydrogen-bond acceptors (Lipinski definition) is 3. The molecule has 108 valence electrons. The molecule has 0 atom stereocenters. The first-order chi connectivity index (χ1) is 10.7. The third-order valence-electron chi connectivity index (χ3n) is 3.42. The van der Waals surface area contributed by atoms with Gasteiger partial charge in [-0.3, -0.25) is 15.1 Å². The van der Waals surface area contributed by atoms with E-state index in [-0.39, 0.29) is 10.6 Å². The maximum atomic E-state index is 10.6. The van der Waals surface area contributed by atoms with Gasteiger partial charge in [-0.1, -0.05) is 0 Å². The van der Waals surface area contributed by atoms with Crippen LogP contribution in [-0.2, 0) is 6.54 Å². The zero-order valence-corrected chi connectivity index (χ0v) is 11.8. The number of rotatable bonds is 4. The summed E-state index contributed by atoms with van der Waals surface area (Å²) in [6, 6.07) is 14.6. The van der Waals surface area contributed by atoms with Crippen LogP contribution in [0.15, 0.2) is 73.3 Å². The molecule has 0 amide bonds. The van der Waals surface area contributed by atoms with E-state index in [1.54, 1.807) is 24.5 Å². The second kappa shape index (κ2) is 6.13. The molecule has 2 heterocycles. The Hall–Kier alpha value is -3.08. The molecule has 0 saturated carbocycles. The number of nitro groups is 1. The predicted molar refractivity (Wildman–Crippen MR) is 82.1 cm³/mol. The van der Waals surface area contributed by atoms with Crippen LogP contribution < -0.4 is 4.57 Å². The largest absolute Gasteiger partial charge is 0.269 e. The third kappa shape index (κ3) is 3.15. The summed E-state index contributed by atoms with van der Waals surface area (Å²) in [5.74, 6) is 0. The van der Waals surface area contributed by atoms with Gasteiger partial charge in [0.25, 0.3) is 5.69 Å². The topological polar surface area (TPSA) is 59.9 Å². The highest BCUT2D eigenvalue weighted by molar-refractivity contribution is 5.61. The van der Waals surface area contributed by atoms with E-state index in [0.29, 0.717) is 6.54 Å². The molecule has 1 aromatic carbocycles. The van der Waals surface area contributed by atoms with Crippen molar-refractivity contribution in [3.8, 4) is 11.1 Å². The zero-order chi connectivity index (χ0) is 15.4. The quantitative estimate of drug-likeness (QED) is 0.422. The van der Waals surface area contributed by atoms with E-state index >= 15 is 0 Å². The fourth-order valence-corrected chi connectivity index (χ4v) is 2.23. The lowest BCUT2D eigenvalue weighted by Crippen LogP contribution is -2.32. The van der Waals surface area contributed by atoms with Crippen LogP contribution in [0.5, 0.6) is 0 Å². The Labute approximate surface area is 127 Å². The van der Waals surface area contributed by atoms with Gasteiger partial charge in [-0.05, 0) is 35.4 Å². The minimum Gasteiger partial charge on any atom is -0.265 e. The van der Waals surface area contributed by atoms with E-state index in [1.807, 2.05) is 41.2 Å². The van der Waals surface area contributed by atoms with Gasteiger partial charge in [0.15, 0.2) is 18.9 Å². The molecule has 3 aromatic rings. The first-order valence-electron chi connectivity index (χ1n) is 6.85. The summed E-state index contributed by atoms with van der Waals surface area (Å²) in [4.78, 5) is 14.3. The lowest BCUT2D eigenvalue weighted by molar-refractivity contribution is -0.688. The molecule has 0 aliphatic rings. The molecule has 0 aliphatic heterocycles. The lowest BCUT2D eigenvalue weighted by atomic mass is 10.1. The number of pyridine rings is 2. The van der Waals surface area contributed by atoms with Gasteiger partial charge in [0.1, 0.15) is 0 Å². The van der Waals surface area contributed by atoms with Gasteiger partial charge in [0.05, 0.1) is 4.92 Å². The molecule has 0 aliphatic carbocycles. The SMILES string of the molecule is O=[N+]([O-])c1ccc(C[n+]2ccc(-c3ccncc3)cc2)cc1. The summed E-state index contributed by atoms with van der Waals surface area (Å²) >= 11 is 0. The molecule has 0 radical (unpaired) electrons. The molecule has 5 heteroatoms. The van der Waals surface area contributed by atoms with Gasteiger partial charge in [0.2, 0.25) is 0 Å². The second-order valence-electron chi connectivity index (χ2n) is 4.92. The average molecular weight is 292 g/mol. The fraction of sp³-hybridized carbons (Fsp3) is 0.0588. The fourth-order valence-electron chi connectivity index (χ4n) is 2.23. The van der Waals surface area contributed by atoms with Crippen LogP contribution in [0.1, 0.15) is 5.56 Å². The minimum absolute atomic E-state index is 0.113. The van der Waals surface area contributed by atoms with E-state index in [1.165, 1.54) is 12.1 Å². The van der Waals surface area contributed by atoms with Crippen LogP contribution in [0.2, 0.25) is 0 Å². The van der Waals surface area contributed by atoms with Gasteiger partial charge in [-0.25, -0.2) is 4.57 Å². The Balaban J connectivity index is 1.75. The maximum Gasteiger partial charge on any atom is 0.269 e. The monoisotopic (exact) mass is 292 g/mol. The number of benzene rings is 1. The molecule has 0 N–H and O–H groups in total. The smallest absolute Gasteiger partial charge is 0.265 e. The summed E-state index contributed by atoms with van der Waals surface area (Å²) in [6.07, 6.45) is 7.54. The first kappa shape index (κ1) is 13.9. The Morgan fingerprint density at radius 3 is 2.09 bits per heavy atom. The van der Waals surface area contributed by atoms with Gasteiger partial charge in [-0.2, -0.15) is 0 Å². The van der Waals surface area contributed by atoms with Crippen molar-refractivity contribution >= 4 is 5.69 Å². The van der Waals surface area contributed by atoms with Crippen molar-refractivity contribution in [1.82, 2.24) is 4.98 Å². The highest BCUT2D eigenvalue weighted by Gasteiger charge is 2.07. The number of nitro benzene ring substituents is 1. The summed E-state index contributed by atoms with van der Waals surface area (Å²) in [5.41, 5.74) is 3.38. The van der Waals surface area contributed by atoms with Gasteiger partial charge < -0.3 is 0 Å². The first-order valence-corrected chi connectivity index (χ1v) is 6.85. The summed E-state index contributed by atoms with van der Waals surface area (Å²) in [6.45, 7) is 0.675. The molecule has 2 aromatic heterocycles. The third-order valence-corrected chi connectivity index (χ3v) is 3.42. The molecular weight excluding hydrogens is 278 g/mol. The van der Waals surface area contributed by atoms with Crippen LogP contribution in [0.3, 0.4) is 0 Å². The van der Waals surface area contributed by atoms with Crippen LogP contribution in [0.25, 0.3) is 11.1 Å². The van der Waals surface area contributed by atoms with Crippen molar-refractivity contribution in [1.29, 1.82) is 0 Å². The molecule has 22 heavy (non-hydrogen) atoms. The zero-order valence-electron chi connectivity index (χ0n) is 11.8. The van der Waals surface area contributed by atoms with E-state index in [4.69, 9.17) is 0 Å². The van der Waals surface area contributed by atoms with Crippen LogP contribution in [0, 0.1) is 10.1 Å². The minimum atomic E-state index is -0.388. The number of aromatic nitrogens is 2. The van der Waals surface area contributed by atoms with Gasteiger partial charge >= 0.3 is 0 Å². The Kier molecular flexibility index (Phi) is 3.87. The summed E-state index contributed by atoms with van der Waals surface area (Å²) in [7, 11) is 0. The molecule has 0 spiro atoms. The van der Waals surface area contributed by atoms with Crippen LogP contribution in [-0.4, -0.2) is 9.91 Å². The van der Waals surface area contributed by atoms with E-state index in [0.717, 1.165) is 16.7 Å². The normalized spacial score (nSPS) is 10.4. The number of nitrogens with zero attached hydrogens (tertiary/aromatic N) is 3. The van der Waals surface area contributed by atoms with Crippen molar-refractivity contribution in [2.75, 3.05) is 0 Å². The standard InChI is InChI=1S/C17H14N3O2/c21-20(22)17-3-1-14(2-4-17)13-19-11-7-16(8-12-19)15-5-9-18-10-6-15/h1-12H,13H2/q+1. The van der Waals surface area contributed by atoms with E-state index in [2.05, 4.69) is 4.98 Å². The van der Waals surface area contributed by atoms with Crippen molar-refractivity contribution in [3.05, 3.63) is 89.0 Å². The van der Waals surface area contributed by atoms with Crippen molar-refractivity contribution in [3.63, 3.8) is 0 Å². The van der Waals surface area contributed by atoms with Crippen molar-refractivity contribution in [2.24, 2.45) is 0 Å². The molecule has 0 fully saturated rings. The summed E-state index contributed by atoms with van der Waals surface area (Å²) < 4.78 is 2.03. The Morgan fingerprint density at radius 1 is 0.909 bits per heavy atom. The lowest BCUT2D eigenvalue weighted by Gasteiger charge is -2.01. The Morgan fingerprint density at radius 2 is 1.50 bits per heavy atom. The maximum absolute atomic E-state index is 10.6. The highest BCUT2D eigenvalue weighted by Crippen LogP contribution is 2.16. The van der Waals surface area contributed by atoms with Crippen molar-refractivity contribution < 1.29 is 9.49 Å². The molecular formula is C17H14N3O2+. The Bertz CT molecular complexity index is 769. The second-order valence-corrected chi connectivity index (χ2v) is 4.92. The average Bonchev–Trinajstić information content (AvgIpc) is 2.57. The van der Waals surface area contributed by atoms with Gasteiger partial charge in [0, 0.05) is 42.2 Å². The highest BCUT2D eigenvalue weighted by atomic mass is 16.6. The molecule has 0 unspecified atom stereocenters. The molecule has 0 saturated heterocycles. The molecule has 0 bridgehead atoms. The van der Waals surface area contributed by atoms with E-state index in [9.17, 15) is 10.1 Å². The molecule has 5 nitrogen and oxygen atoms in total. The van der Waals surface area contributed by atoms with Crippen LogP contribution in [0.4, 0.5) is 5.69 Å². The van der Waals surface area contributed by atoms with E-state index < -0.39 is 0 Å². The predicted octanol–water partition coefficient (Wildman–Crippen LogP) is 2.99. The number of hydrogen-bond donors (Lipinski definition) is 0. The van der Waals surface area contributed by atoms with Crippen molar-refractivity contribution in [2.45, 2.75) is 6.54 Å². The van der Waals surface area contributed by atoms with Gasteiger partial charge in [-0.15, -0.1) is 0 Å². The summed E-state index contributed by atoms with van der Waals surface area (Å²) in [5, 5.41) is 10.6. The molecule has 3 rings (SSSR count).